The Morgan fingerprint density at radius 1 is 1.29 bits per heavy atom. The van der Waals surface area contributed by atoms with E-state index in [0.717, 1.165) is 23.7 Å². The van der Waals surface area contributed by atoms with Crippen LogP contribution in [0.5, 0.6) is 0 Å². The van der Waals surface area contributed by atoms with Crippen molar-refractivity contribution >= 4 is 21.6 Å². The highest BCUT2D eigenvalue weighted by atomic mass is 32.1. The number of unbranched alkanes of at least 4 members (excludes halogenated alkanes) is 1. The fraction of sp³-hybridized carbons (Fsp3) is 0.353. The molecule has 0 aliphatic rings. The fourth-order valence-electron chi connectivity index (χ4n) is 2.39. The smallest absolute Gasteiger partial charge is 0.194 e. The van der Waals surface area contributed by atoms with Gasteiger partial charge in [0.05, 0.1) is 10.2 Å². The third-order valence-electron chi connectivity index (χ3n) is 3.59. The number of nitrogens with zero attached hydrogens (tertiary/aromatic N) is 2. The molecule has 2 heterocycles. The predicted octanol–water partition coefficient (Wildman–Crippen LogP) is 4.29. The summed E-state index contributed by atoms with van der Waals surface area (Å²) in [6.45, 7) is 6.30. The molecule has 0 saturated carbocycles. The minimum atomic E-state index is 0.891. The summed E-state index contributed by atoms with van der Waals surface area (Å²) in [5, 5.41) is 4.55. The number of fused-ring (bicyclic) bond motifs is 1. The van der Waals surface area contributed by atoms with Crippen LogP contribution in [-0.4, -0.2) is 16.1 Å². The highest BCUT2D eigenvalue weighted by Crippen LogP contribution is 2.26. The van der Waals surface area contributed by atoms with Gasteiger partial charge in [-0.3, -0.25) is 4.57 Å². The minimum Gasteiger partial charge on any atom is -0.311 e. The predicted molar refractivity (Wildman–Crippen MR) is 90.3 cm³/mol. The third-order valence-corrected chi connectivity index (χ3v) is 4.60. The molecule has 0 saturated heterocycles. The topological polar surface area (TPSA) is 29.9 Å². The van der Waals surface area contributed by atoms with Crippen molar-refractivity contribution in [3.05, 3.63) is 47.8 Å². The summed E-state index contributed by atoms with van der Waals surface area (Å²) in [6, 6.07) is 10.7. The maximum Gasteiger partial charge on any atom is 0.194 e. The van der Waals surface area contributed by atoms with E-state index in [2.05, 4.69) is 60.3 Å². The summed E-state index contributed by atoms with van der Waals surface area (Å²) in [5.41, 5.74) is 3.63. The van der Waals surface area contributed by atoms with Gasteiger partial charge in [-0.2, -0.15) is 0 Å². The second kappa shape index (κ2) is 6.41. The van der Waals surface area contributed by atoms with Crippen LogP contribution in [-0.2, 0) is 6.54 Å². The Morgan fingerprint density at radius 2 is 2.19 bits per heavy atom. The van der Waals surface area contributed by atoms with Crippen molar-refractivity contribution in [2.75, 3.05) is 6.54 Å². The molecular formula is C17H21N3S. The van der Waals surface area contributed by atoms with Crippen LogP contribution >= 0.6 is 11.3 Å². The quantitative estimate of drug-likeness (QED) is 0.688. The number of nitrogens with one attached hydrogen (secondary N) is 1. The van der Waals surface area contributed by atoms with Gasteiger partial charge in [-0.05, 0) is 49.7 Å². The molecule has 0 bridgehead atoms. The Hall–Kier alpha value is -1.65. The lowest BCUT2D eigenvalue weighted by molar-refractivity contribution is 0.627. The first-order valence-electron chi connectivity index (χ1n) is 7.52. The van der Waals surface area contributed by atoms with Crippen molar-refractivity contribution in [2.24, 2.45) is 0 Å². The Kier molecular flexibility index (Phi) is 4.36. The molecule has 0 spiro atoms. The summed E-state index contributed by atoms with van der Waals surface area (Å²) >= 11 is 1.75. The minimum absolute atomic E-state index is 0.891. The zero-order valence-corrected chi connectivity index (χ0v) is 13.4. The molecule has 0 amide bonds. The number of hydrogen-bond acceptors (Lipinski definition) is 3. The van der Waals surface area contributed by atoms with Crippen molar-refractivity contribution < 1.29 is 0 Å². The molecule has 3 nitrogen and oxygen atoms in total. The molecule has 0 radical (unpaired) electrons. The molecular weight excluding hydrogens is 278 g/mol. The molecule has 0 aliphatic heterocycles. The molecule has 21 heavy (non-hydrogen) atoms. The Labute approximate surface area is 129 Å². The van der Waals surface area contributed by atoms with Crippen LogP contribution in [0, 0.1) is 6.92 Å². The summed E-state index contributed by atoms with van der Waals surface area (Å²) in [6.07, 6.45) is 4.55. The number of aromatic nitrogens is 2. The van der Waals surface area contributed by atoms with E-state index in [1.165, 1.54) is 28.8 Å². The molecule has 1 N–H and O–H groups in total. The van der Waals surface area contributed by atoms with E-state index in [9.17, 15) is 0 Å². The van der Waals surface area contributed by atoms with Gasteiger partial charge >= 0.3 is 0 Å². The fourth-order valence-corrected chi connectivity index (χ4v) is 3.47. The third kappa shape index (κ3) is 3.17. The van der Waals surface area contributed by atoms with Gasteiger partial charge in [0, 0.05) is 18.4 Å². The lowest BCUT2D eigenvalue weighted by Gasteiger charge is -2.07. The van der Waals surface area contributed by atoms with Crippen molar-refractivity contribution in [1.29, 1.82) is 0 Å². The van der Waals surface area contributed by atoms with E-state index in [1.807, 2.05) is 0 Å². The number of thiazole rings is 1. The highest BCUT2D eigenvalue weighted by Gasteiger charge is 2.09. The van der Waals surface area contributed by atoms with Crippen molar-refractivity contribution in [2.45, 2.75) is 33.2 Å². The van der Waals surface area contributed by atoms with Crippen LogP contribution in [0.4, 0.5) is 0 Å². The molecule has 3 rings (SSSR count). The SMILES string of the molecule is CCCCNCc1cccn1-c1nc2ccc(C)cc2s1. The number of benzene rings is 1. The van der Waals surface area contributed by atoms with Gasteiger partial charge < -0.3 is 5.32 Å². The van der Waals surface area contributed by atoms with E-state index in [4.69, 9.17) is 4.98 Å². The number of aryl methyl sites for hydroxylation is 1. The van der Waals surface area contributed by atoms with Crippen LogP contribution in [0.25, 0.3) is 15.3 Å². The maximum atomic E-state index is 4.76. The first-order valence-corrected chi connectivity index (χ1v) is 8.34. The average Bonchev–Trinajstić information content (AvgIpc) is 3.08. The van der Waals surface area contributed by atoms with Gasteiger partial charge in [0.25, 0.3) is 0 Å². The van der Waals surface area contributed by atoms with E-state index in [1.54, 1.807) is 11.3 Å². The van der Waals surface area contributed by atoms with Gasteiger partial charge in [-0.15, -0.1) is 0 Å². The lowest BCUT2D eigenvalue weighted by Crippen LogP contribution is -2.16. The molecule has 1 aromatic carbocycles. The Morgan fingerprint density at radius 3 is 3.05 bits per heavy atom. The molecule has 110 valence electrons. The first kappa shape index (κ1) is 14.3. The normalized spacial score (nSPS) is 11.3. The Bertz CT molecular complexity index is 727. The number of rotatable bonds is 6. The molecule has 0 atom stereocenters. The molecule has 3 aromatic rings. The van der Waals surface area contributed by atoms with Gasteiger partial charge in [0.1, 0.15) is 0 Å². The van der Waals surface area contributed by atoms with E-state index in [0.29, 0.717) is 0 Å². The van der Waals surface area contributed by atoms with Crippen LogP contribution in [0.2, 0.25) is 0 Å². The first-order chi connectivity index (χ1) is 10.3. The van der Waals surface area contributed by atoms with Crippen LogP contribution in [0.3, 0.4) is 0 Å². The van der Waals surface area contributed by atoms with Crippen molar-refractivity contribution in [3.63, 3.8) is 0 Å². The summed E-state index contributed by atoms with van der Waals surface area (Å²) in [4.78, 5) is 4.76. The van der Waals surface area contributed by atoms with E-state index < -0.39 is 0 Å². The highest BCUT2D eigenvalue weighted by molar-refractivity contribution is 7.20. The van der Waals surface area contributed by atoms with Crippen molar-refractivity contribution in [1.82, 2.24) is 14.9 Å². The summed E-state index contributed by atoms with van der Waals surface area (Å²) in [5.74, 6) is 0. The van der Waals surface area contributed by atoms with Crippen molar-refractivity contribution in [3.8, 4) is 5.13 Å². The zero-order chi connectivity index (χ0) is 14.7. The van der Waals surface area contributed by atoms with Crippen LogP contribution < -0.4 is 5.32 Å². The van der Waals surface area contributed by atoms with E-state index >= 15 is 0 Å². The van der Waals surface area contributed by atoms with Gasteiger partial charge in [-0.25, -0.2) is 4.98 Å². The maximum absolute atomic E-state index is 4.76. The van der Waals surface area contributed by atoms with Gasteiger partial charge in [0.2, 0.25) is 0 Å². The van der Waals surface area contributed by atoms with E-state index in [-0.39, 0.29) is 0 Å². The summed E-state index contributed by atoms with van der Waals surface area (Å²) in [7, 11) is 0. The largest absolute Gasteiger partial charge is 0.311 e. The zero-order valence-electron chi connectivity index (χ0n) is 12.6. The van der Waals surface area contributed by atoms with Crippen LogP contribution in [0.15, 0.2) is 36.5 Å². The van der Waals surface area contributed by atoms with Crippen LogP contribution in [0.1, 0.15) is 31.0 Å². The molecule has 4 heteroatoms. The summed E-state index contributed by atoms with van der Waals surface area (Å²) < 4.78 is 3.45. The second-order valence-corrected chi connectivity index (χ2v) is 6.38. The van der Waals surface area contributed by atoms with Gasteiger partial charge in [-0.1, -0.05) is 30.7 Å². The molecule has 0 aliphatic carbocycles. The standard InChI is InChI=1S/C17H21N3S/c1-3-4-9-18-12-14-6-5-10-20(14)17-19-15-8-7-13(2)11-16(15)21-17/h5-8,10-11,18H,3-4,9,12H2,1-2H3. The number of hydrogen-bond donors (Lipinski definition) is 1. The average molecular weight is 299 g/mol. The Balaban J connectivity index is 1.83. The monoisotopic (exact) mass is 299 g/mol. The lowest BCUT2D eigenvalue weighted by atomic mass is 10.2. The molecule has 0 fully saturated rings. The second-order valence-electron chi connectivity index (χ2n) is 5.37. The molecule has 2 aromatic heterocycles. The molecule has 0 unspecified atom stereocenters. The van der Waals surface area contributed by atoms with Gasteiger partial charge in [0.15, 0.2) is 5.13 Å².